The Hall–Kier alpha value is -3.58. The highest BCUT2D eigenvalue weighted by atomic mass is 32.2. The van der Waals surface area contributed by atoms with Crippen LogP contribution in [0.15, 0.2) is 58.3 Å². The van der Waals surface area contributed by atoms with Gasteiger partial charge in [0.2, 0.25) is 20.0 Å². The lowest BCUT2D eigenvalue weighted by Crippen LogP contribution is -2.44. The molecule has 0 radical (unpaired) electrons. The molecule has 10 nitrogen and oxygen atoms in total. The minimum atomic E-state index is -4.34. The molecule has 0 amide bonds. The third-order valence-corrected chi connectivity index (χ3v) is 16.8. The molecule has 2 heterocycles. The van der Waals surface area contributed by atoms with Crippen molar-refractivity contribution in [3.05, 3.63) is 93.0 Å². The van der Waals surface area contributed by atoms with Crippen molar-refractivity contribution >= 4 is 32.0 Å². The van der Waals surface area contributed by atoms with Crippen molar-refractivity contribution in [3.63, 3.8) is 0 Å². The SMILES string of the molecule is CCOC(=O)[C@H]1CC[C@H](c2cccc([C@H]3CC[C@@H](C(=O)OCC)N3S(=O)(=O)c3c(C(C)C)cc(C(C)C)cc3C(C)C)c2)N1S(=O)(=O)c1c(C(C)C)cc(C(C)C)cc1C(C)C. The van der Waals surface area contributed by atoms with Gasteiger partial charge >= 0.3 is 11.9 Å². The molecule has 2 fully saturated rings. The van der Waals surface area contributed by atoms with Crippen LogP contribution in [0.3, 0.4) is 0 Å². The molecule has 2 aliphatic heterocycles. The van der Waals surface area contributed by atoms with Crippen LogP contribution < -0.4 is 0 Å². The molecule has 3 aromatic rings. The van der Waals surface area contributed by atoms with E-state index in [1.807, 2.05) is 104 Å². The van der Waals surface area contributed by atoms with Crippen molar-refractivity contribution in [2.75, 3.05) is 13.2 Å². The van der Waals surface area contributed by atoms with Crippen molar-refractivity contribution < 1.29 is 35.9 Å². The third-order valence-electron chi connectivity index (χ3n) is 12.7. The molecule has 0 unspecified atom stereocenters. The molecule has 0 aromatic heterocycles. The predicted molar refractivity (Wildman–Crippen MR) is 247 cm³/mol. The Morgan fingerprint density at radius 3 is 1.08 bits per heavy atom. The number of hydrogen-bond acceptors (Lipinski definition) is 8. The molecule has 4 atom stereocenters. The van der Waals surface area contributed by atoms with Gasteiger partial charge in [-0.2, -0.15) is 8.61 Å². The normalized spacial score (nSPS) is 20.5. The maximum atomic E-state index is 15.5. The Kier molecular flexibility index (Phi) is 15.7. The fraction of sp³-hybridized carbons (Fsp3) is 0.600. The molecule has 0 saturated carbocycles. The summed E-state index contributed by atoms with van der Waals surface area (Å²) in [6.07, 6.45) is 1.20. The number of esters is 2. The maximum Gasteiger partial charge on any atom is 0.324 e. The standard InChI is InChI=1S/C50H72N2O8S2/c1-15-59-49(53)45-22-20-43(51(45)61(55,56)47-39(31(7)8)25-37(29(3)4)26-40(47)32(9)10)35-18-17-19-36(24-35)44-21-23-46(50(54)60-16-2)52(44)62(57,58)48-41(33(11)12)27-38(30(5)6)28-42(48)34(13)14/h17-19,24-34,43-46H,15-16,20-23H2,1-14H3/t43-,44-,45-,46+/m1/s1. The second kappa shape index (κ2) is 19.7. The van der Waals surface area contributed by atoms with E-state index >= 15 is 16.8 Å². The topological polar surface area (TPSA) is 127 Å². The smallest absolute Gasteiger partial charge is 0.324 e. The molecule has 3 aromatic carbocycles. The van der Waals surface area contributed by atoms with E-state index in [9.17, 15) is 9.59 Å². The number of rotatable bonds is 16. The van der Waals surface area contributed by atoms with Crippen LogP contribution in [0.25, 0.3) is 0 Å². The number of nitrogens with zero attached hydrogens (tertiary/aromatic N) is 2. The van der Waals surface area contributed by atoms with Gasteiger partial charge in [0.15, 0.2) is 0 Å². The van der Waals surface area contributed by atoms with Crippen molar-refractivity contribution in [2.45, 2.75) is 192 Å². The van der Waals surface area contributed by atoms with Gasteiger partial charge in [0.1, 0.15) is 12.1 Å². The lowest BCUT2D eigenvalue weighted by atomic mass is 9.89. The summed E-state index contributed by atoms with van der Waals surface area (Å²) in [6, 6.07) is 11.8. The van der Waals surface area contributed by atoms with Gasteiger partial charge in [-0.15, -0.1) is 0 Å². The summed E-state index contributed by atoms with van der Waals surface area (Å²) in [7, 11) is -8.68. The number of ether oxygens (including phenoxy) is 2. The van der Waals surface area contributed by atoms with E-state index < -0.39 is 56.2 Å². The lowest BCUT2D eigenvalue weighted by molar-refractivity contribution is -0.148. The van der Waals surface area contributed by atoms with Crippen LogP contribution in [0.5, 0.6) is 0 Å². The Morgan fingerprint density at radius 1 is 0.516 bits per heavy atom. The van der Waals surface area contributed by atoms with E-state index in [0.717, 1.165) is 11.1 Å². The molecule has 0 aliphatic carbocycles. The van der Waals surface area contributed by atoms with Crippen LogP contribution in [0.1, 0.15) is 215 Å². The zero-order valence-corrected chi connectivity index (χ0v) is 41.2. The van der Waals surface area contributed by atoms with E-state index in [-0.39, 0.29) is 71.4 Å². The van der Waals surface area contributed by atoms with Gasteiger partial charge < -0.3 is 9.47 Å². The zero-order chi connectivity index (χ0) is 46.2. The Balaban J connectivity index is 1.72. The summed E-state index contributed by atoms with van der Waals surface area (Å²) in [5, 5.41) is 0. The Labute approximate surface area is 373 Å². The van der Waals surface area contributed by atoms with E-state index in [1.165, 1.54) is 8.61 Å². The van der Waals surface area contributed by atoms with Crippen molar-refractivity contribution in [1.82, 2.24) is 8.61 Å². The monoisotopic (exact) mass is 892 g/mol. The van der Waals surface area contributed by atoms with Gasteiger partial charge in [-0.1, -0.05) is 132 Å². The van der Waals surface area contributed by atoms with E-state index in [1.54, 1.807) is 13.8 Å². The quantitative estimate of drug-likeness (QED) is 0.130. The number of sulfonamides is 2. The highest BCUT2D eigenvalue weighted by molar-refractivity contribution is 7.89. The van der Waals surface area contributed by atoms with Crippen LogP contribution in [-0.2, 0) is 39.1 Å². The van der Waals surface area contributed by atoms with E-state index in [2.05, 4.69) is 27.7 Å². The highest BCUT2D eigenvalue weighted by Crippen LogP contribution is 2.48. The molecule has 5 rings (SSSR count). The fourth-order valence-electron chi connectivity index (χ4n) is 9.35. The largest absolute Gasteiger partial charge is 0.465 e. The summed E-state index contributed by atoms with van der Waals surface area (Å²) in [4.78, 5) is 28.0. The molecular weight excluding hydrogens is 821 g/mol. The summed E-state index contributed by atoms with van der Waals surface area (Å²) < 4.78 is 76.0. The first kappa shape index (κ1) is 49.4. The van der Waals surface area contributed by atoms with Gasteiger partial charge in [0, 0.05) is 0 Å². The van der Waals surface area contributed by atoms with Crippen molar-refractivity contribution in [2.24, 2.45) is 0 Å². The lowest BCUT2D eigenvalue weighted by Gasteiger charge is -2.33. The van der Waals surface area contributed by atoms with Gasteiger partial charge in [-0.05, 0) is 120 Å². The van der Waals surface area contributed by atoms with Gasteiger partial charge in [-0.25, -0.2) is 16.8 Å². The minimum absolute atomic E-state index is 0.103. The first-order valence-electron chi connectivity index (χ1n) is 22.9. The van der Waals surface area contributed by atoms with E-state index in [0.29, 0.717) is 46.2 Å². The minimum Gasteiger partial charge on any atom is -0.465 e. The molecule has 0 spiro atoms. The Morgan fingerprint density at radius 2 is 0.823 bits per heavy atom. The second-order valence-electron chi connectivity index (χ2n) is 19.0. The van der Waals surface area contributed by atoms with Gasteiger partial charge in [-0.3, -0.25) is 9.59 Å². The Bertz CT molecular complexity index is 2110. The highest BCUT2D eigenvalue weighted by Gasteiger charge is 2.51. The summed E-state index contributed by atoms with van der Waals surface area (Å²) in [5.74, 6) is -1.35. The average Bonchev–Trinajstić information content (AvgIpc) is 3.87. The molecular formula is C50H72N2O8S2. The number of benzene rings is 3. The second-order valence-corrected chi connectivity index (χ2v) is 22.6. The summed E-state index contributed by atoms with van der Waals surface area (Å²) in [5.41, 5.74) is 6.22. The molecule has 62 heavy (non-hydrogen) atoms. The first-order chi connectivity index (χ1) is 29.0. The molecule has 342 valence electrons. The molecule has 0 N–H and O–H groups in total. The van der Waals surface area contributed by atoms with Crippen molar-refractivity contribution in [3.8, 4) is 0 Å². The molecule has 2 saturated heterocycles. The third kappa shape index (κ3) is 9.59. The number of hydrogen-bond donors (Lipinski definition) is 0. The van der Waals surface area contributed by atoms with Crippen LogP contribution in [0.2, 0.25) is 0 Å². The maximum absolute atomic E-state index is 15.5. The van der Waals surface area contributed by atoms with Crippen LogP contribution >= 0.6 is 0 Å². The summed E-state index contributed by atoms with van der Waals surface area (Å²) in [6.45, 7) is 28.0. The van der Waals surface area contributed by atoms with Crippen molar-refractivity contribution in [1.29, 1.82) is 0 Å². The molecule has 2 aliphatic rings. The van der Waals surface area contributed by atoms with Gasteiger partial charge in [0.25, 0.3) is 0 Å². The van der Waals surface area contributed by atoms with Crippen LogP contribution in [0, 0.1) is 0 Å². The van der Waals surface area contributed by atoms with E-state index in [4.69, 9.17) is 9.47 Å². The molecule has 0 bridgehead atoms. The number of carbonyl (C=O) groups is 2. The van der Waals surface area contributed by atoms with Gasteiger partial charge in [0.05, 0.1) is 35.1 Å². The first-order valence-corrected chi connectivity index (χ1v) is 25.7. The molecule has 12 heteroatoms. The van der Waals surface area contributed by atoms with Crippen LogP contribution in [-0.4, -0.2) is 62.7 Å². The van der Waals surface area contributed by atoms with Crippen LogP contribution in [0.4, 0.5) is 0 Å². The number of carbonyl (C=O) groups excluding carboxylic acids is 2. The average molecular weight is 893 g/mol. The fourth-order valence-corrected chi connectivity index (χ4v) is 14.3. The zero-order valence-electron chi connectivity index (χ0n) is 39.6. The predicted octanol–water partition coefficient (Wildman–Crippen LogP) is 11.3. The summed E-state index contributed by atoms with van der Waals surface area (Å²) >= 11 is 0.